The highest BCUT2D eigenvalue weighted by molar-refractivity contribution is 7.89. The molecule has 1 fully saturated rings. The molecule has 2 aromatic rings. The van der Waals surface area contributed by atoms with Crippen LogP contribution >= 0.6 is 0 Å². The van der Waals surface area contributed by atoms with Crippen LogP contribution in [0.4, 0.5) is 5.69 Å². The van der Waals surface area contributed by atoms with Gasteiger partial charge in [0.05, 0.1) is 10.9 Å². The Bertz CT molecular complexity index is 1080. The standard InChI is InChI=1S/C23H27N3O4S/c1-2-22(27)24-18-9-11-19(12-10-18)31(29,30)26-14-13-16-5-3-4-6-20(16)21(26)15-23(28)25-17-7-8-17/h3-6,9-12,17,21H,2,7-8,13-15H2,1H3,(H,24,27)(H,25,28)/t21-/m0/s1. The highest BCUT2D eigenvalue weighted by Gasteiger charge is 2.38. The van der Waals surface area contributed by atoms with Crippen LogP contribution in [0.2, 0.25) is 0 Å². The summed E-state index contributed by atoms with van der Waals surface area (Å²) in [5.74, 6) is -0.257. The molecule has 2 N–H and O–H groups in total. The van der Waals surface area contributed by atoms with Gasteiger partial charge in [-0.2, -0.15) is 4.31 Å². The van der Waals surface area contributed by atoms with Crippen LogP contribution in [0.1, 0.15) is 49.8 Å². The molecule has 1 saturated carbocycles. The molecular weight excluding hydrogens is 414 g/mol. The number of benzene rings is 2. The molecule has 2 aromatic carbocycles. The molecular formula is C23H27N3O4S. The number of sulfonamides is 1. The summed E-state index contributed by atoms with van der Waals surface area (Å²) in [7, 11) is -3.82. The molecule has 0 unspecified atom stereocenters. The smallest absolute Gasteiger partial charge is 0.243 e. The summed E-state index contributed by atoms with van der Waals surface area (Å²) in [4.78, 5) is 24.3. The van der Waals surface area contributed by atoms with Crippen molar-refractivity contribution in [3.05, 3.63) is 59.7 Å². The molecule has 0 spiro atoms. The molecule has 164 valence electrons. The number of anilines is 1. The highest BCUT2D eigenvalue weighted by Crippen LogP contribution is 2.36. The molecule has 1 aliphatic heterocycles. The number of carbonyl (C=O) groups excluding carboxylic acids is 2. The van der Waals surface area contributed by atoms with Crippen LogP contribution in [0.3, 0.4) is 0 Å². The third-order valence-electron chi connectivity index (χ3n) is 5.75. The molecule has 0 radical (unpaired) electrons. The van der Waals surface area contributed by atoms with Crippen LogP contribution in [0, 0.1) is 0 Å². The Morgan fingerprint density at radius 2 is 1.74 bits per heavy atom. The minimum absolute atomic E-state index is 0.0946. The van der Waals surface area contributed by atoms with E-state index in [0.29, 0.717) is 25.1 Å². The van der Waals surface area contributed by atoms with Gasteiger partial charge in [0.2, 0.25) is 21.8 Å². The summed E-state index contributed by atoms with van der Waals surface area (Å²) in [5, 5.41) is 5.70. The minimum Gasteiger partial charge on any atom is -0.353 e. The topological polar surface area (TPSA) is 95.6 Å². The maximum Gasteiger partial charge on any atom is 0.243 e. The predicted molar refractivity (Wildman–Crippen MR) is 118 cm³/mol. The second-order valence-corrected chi connectivity index (χ2v) is 9.94. The first kappa shape index (κ1) is 21.5. The first-order chi connectivity index (χ1) is 14.9. The largest absolute Gasteiger partial charge is 0.353 e. The van der Waals surface area contributed by atoms with Gasteiger partial charge in [-0.3, -0.25) is 9.59 Å². The molecule has 2 aliphatic rings. The van der Waals surface area contributed by atoms with Crippen molar-refractivity contribution in [2.24, 2.45) is 0 Å². The Morgan fingerprint density at radius 3 is 2.42 bits per heavy atom. The Hall–Kier alpha value is -2.71. The number of nitrogens with one attached hydrogen (secondary N) is 2. The zero-order chi connectivity index (χ0) is 22.0. The van der Waals surface area contributed by atoms with Gasteiger partial charge in [-0.1, -0.05) is 31.2 Å². The van der Waals surface area contributed by atoms with E-state index < -0.39 is 16.1 Å². The summed E-state index contributed by atoms with van der Waals surface area (Å²) in [6.07, 6.45) is 3.00. The van der Waals surface area contributed by atoms with Crippen LogP contribution in [-0.2, 0) is 26.0 Å². The van der Waals surface area contributed by atoms with Gasteiger partial charge in [0.15, 0.2) is 0 Å². The van der Waals surface area contributed by atoms with E-state index in [9.17, 15) is 18.0 Å². The second kappa shape index (κ2) is 8.80. The van der Waals surface area contributed by atoms with Crippen molar-refractivity contribution in [3.8, 4) is 0 Å². The van der Waals surface area contributed by atoms with Gasteiger partial charge < -0.3 is 10.6 Å². The molecule has 0 saturated heterocycles. The molecule has 0 bridgehead atoms. The molecule has 1 heterocycles. The lowest BCUT2D eigenvalue weighted by Crippen LogP contribution is -2.42. The average molecular weight is 442 g/mol. The van der Waals surface area contributed by atoms with Crippen molar-refractivity contribution in [1.29, 1.82) is 0 Å². The number of rotatable bonds is 7. The normalized spacial score (nSPS) is 18.8. The molecule has 2 amide bonds. The maximum atomic E-state index is 13.5. The molecule has 7 nitrogen and oxygen atoms in total. The monoisotopic (exact) mass is 441 g/mol. The Labute approximate surface area is 182 Å². The second-order valence-electron chi connectivity index (χ2n) is 8.05. The fraction of sp³-hybridized carbons (Fsp3) is 0.391. The number of nitrogens with zero attached hydrogens (tertiary/aromatic N) is 1. The van der Waals surface area contributed by atoms with Gasteiger partial charge >= 0.3 is 0 Å². The number of fused-ring (bicyclic) bond motifs is 1. The van der Waals surface area contributed by atoms with Crippen molar-refractivity contribution in [1.82, 2.24) is 9.62 Å². The summed E-state index contributed by atoms with van der Waals surface area (Å²) in [6, 6.07) is 13.6. The molecule has 1 aliphatic carbocycles. The Balaban J connectivity index is 1.61. The maximum absolute atomic E-state index is 13.5. The number of hydrogen-bond donors (Lipinski definition) is 2. The summed E-state index contributed by atoms with van der Waals surface area (Å²) < 4.78 is 28.5. The van der Waals surface area contributed by atoms with Gasteiger partial charge in [-0.05, 0) is 54.7 Å². The van der Waals surface area contributed by atoms with Crippen LogP contribution in [-0.4, -0.2) is 37.1 Å². The van der Waals surface area contributed by atoms with E-state index in [1.54, 1.807) is 19.1 Å². The lowest BCUT2D eigenvalue weighted by molar-refractivity contribution is -0.122. The van der Waals surface area contributed by atoms with Crippen LogP contribution in [0.5, 0.6) is 0 Å². The zero-order valence-corrected chi connectivity index (χ0v) is 18.3. The first-order valence-corrected chi connectivity index (χ1v) is 12.1. The number of carbonyl (C=O) groups is 2. The molecule has 31 heavy (non-hydrogen) atoms. The molecule has 4 rings (SSSR count). The third kappa shape index (κ3) is 4.80. The van der Waals surface area contributed by atoms with E-state index in [0.717, 1.165) is 24.0 Å². The van der Waals surface area contributed by atoms with E-state index in [4.69, 9.17) is 0 Å². The van der Waals surface area contributed by atoms with Crippen molar-refractivity contribution < 1.29 is 18.0 Å². The Kier molecular flexibility index (Phi) is 6.11. The van der Waals surface area contributed by atoms with E-state index in [1.165, 1.54) is 16.4 Å². The van der Waals surface area contributed by atoms with Crippen LogP contribution in [0.25, 0.3) is 0 Å². The Morgan fingerprint density at radius 1 is 1.03 bits per heavy atom. The average Bonchev–Trinajstić information content (AvgIpc) is 3.58. The fourth-order valence-corrected chi connectivity index (χ4v) is 5.52. The lowest BCUT2D eigenvalue weighted by atomic mass is 9.92. The van der Waals surface area contributed by atoms with Crippen LogP contribution in [0.15, 0.2) is 53.4 Å². The van der Waals surface area contributed by atoms with E-state index in [1.807, 2.05) is 24.3 Å². The summed E-state index contributed by atoms with van der Waals surface area (Å²) in [5.41, 5.74) is 2.51. The van der Waals surface area contributed by atoms with Crippen molar-refractivity contribution in [2.45, 2.75) is 56.0 Å². The fourth-order valence-electron chi connectivity index (χ4n) is 3.91. The zero-order valence-electron chi connectivity index (χ0n) is 17.5. The minimum atomic E-state index is -3.82. The van der Waals surface area contributed by atoms with Crippen LogP contribution < -0.4 is 10.6 Å². The molecule has 8 heteroatoms. The summed E-state index contributed by atoms with van der Waals surface area (Å²) >= 11 is 0. The van der Waals surface area contributed by atoms with Gasteiger partial charge in [-0.15, -0.1) is 0 Å². The van der Waals surface area contributed by atoms with Crippen molar-refractivity contribution in [3.63, 3.8) is 0 Å². The predicted octanol–water partition coefficient (Wildman–Crippen LogP) is 2.99. The number of amides is 2. The highest BCUT2D eigenvalue weighted by atomic mass is 32.2. The molecule has 0 aromatic heterocycles. The molecule has 1 atom stereocenters. The quantitative estimate of drug-likeness (QED) is 0.690. The summed E-state index contributed by atoms with van der Waals surface area (Å²) in [6.45, 7) is 2.07. The van der Waals surface area contributed by atoms with Gasteiger partial charge in [0.25, 0.3) is 0 Å². The number of hydrogen-bond acceptors (Lipinski definition) is 4. The third-order valence-corrected chi connectivity index (χ3v) is 7.67. The van der Waals surface area contributed by atoms with E-state index in [2.05, 4.69) is 10.6 Å². The first-order valence-electron chi connectivity index (χ1n) is 10.7. The van der Waals surface area contributed by atoms with Crippen molar-refractivity contribution >= 4 is 27.5 Å². The van der Waals surface area contributed by atoms with E-state index >= 15 is 0 Å². The lowest BCUT2D eigenvalue weighted by Gasteiger charge is -2.36. The van der Waals surface area contributed by atoms with E-state index in [-0.39, 0.29) is 29.2 Å². The van der Waals surface area contributed by atoms with Gasteiger partial charge in [0.1, 0.15) is 0 Å². The van der Waals surface area contributed by atoms with Crippen molar-refractivity contribution in [2.75, 3.05) is 11.9 Å². The van der Waals surface area contributed by atoms with Gasteiger partial charge in [0, 0.05) is 31.1 Å². The SMILES string of the molecule is CCC(=O)Nc1ccc(S(=O)(=O)N2CCc3ccccc3[C@@H]2CC(=O)NC2CC2)cc1. The van der Waals surface area contributed by atoms with Gasteiger partial charge in [-0.25, -0.2) is 8.42 Å².